The van der Waals surface area contributed by atoms with E-state index in [1.165, 1.54) is 12.8 Å². The summed E-state index contributed by atoms with van der Waals surface area (Å²) in [5.74, 6) is 0. The first kappa shape index (κ1) is 13.2. The van der Waals surface area contributed by atoms with Gasteiger partial charge in [0.15, 0.2) is 6.34 Å². The van der Waals surface area contributed by atoms with E-state index in [0.29, 0.717) is 6.04 Å². The van der Waals surface area contributed by atoms with E-state index in [0.717, 1.165) is 6.04 Å². The number of hydrogen-bond donors (Lipinski definition) is 1. The molecule has 0 radical (unpaired) electrons. The molecule has 0 amide bonds. The van der Waals surface area contributed by atoms with Crippen LogP contribution in [0.4, 0.5) is 0 Å². The Balaban J connectivity index is 0. The lowest BCUT2D eigenvalue weighted by atomic mass is 10.1. The normalized spacial score (nSPS) is 28.5. The second kappa shape index (κ2) is 6.35. The number of quaternary nitrogens is 1. The molecule has 2 N–H and O–H groups in total. The Labute approximate surface area is 71.1 Å². The van der Waals surface area contributed by atoms with Crippen LogP contribution in [0.25, 0.3) is 0 Å². The SMILES string of the molecule is C.CCC1CC(C)N=C[NH2+]1.[CH3-]. The lowest BCUT2D eigenvalue weighted by molar-refractivity contribution is -0.578. The van der Waals surface area contributed by atoms with Crippen LogP contribution in [0.1, 0.15) is 34.1 Å². The van der Waals surface area contributed by atoms with Gasteiger partial charge in [-0.2, -0.15) is 0 Å². The lowest BCUT2D eigenvalue weighted by Gasteiger charge is -2.17. The molecule has 0 saturated carbocycles. The van der Waals surface area contributed by atoms with Crippen LogP contribution in [-0.2, 0) is 0 Å². The van der Waals surface area contributed by atoms with E-state index < -0.39 is 0 Å². The van der Waals surface area contributed by atoms with Crippen LogP contribution in [0.15, 0.2) is 4.99 Å². The minimum atomic E-state index is 0. The topological polar surface area (TPSA) is 29.0 Å². The Bertz CT molecular complexity index is 110. The van der Waals surface area contributed by atoms with Gasteiger partial charge in [-0.1, -0.05) is 14.4 Å². The van der Waals surface area contributed by atoms with Gasteiger partial charge < -0.3 is 12.7 Å². The van der Waals surface area contributed by atoms with Gasteiger partial charge in [0.25, 0.3) is 0 Å². The summed E-state index contributed by atoms with van der Waals surface area (Å²) in [4.78, 5) is 4.25. The smallest absolute Gasteiger partial charge is 0.182 e. The summed E-state index contributed by atoms with van der Waals surface area (Å²) in [6.07, 6.45) is 4.46. The van der Waals surface area contributed by atoms with Crippen molar-refractivity contribution in [2.24, 2.45) is 4.99 Å². The van der Waals surface area contributed by atoms with Crippen LogP contribution in [0.5, 0.6) is 0 Å². The van der Waals surface area contributed by atoms with Crippen molar-refractivity contribution in [3.63, 3.8) is 0 Å². The Morgan fingerprint density at radius 2 is 2.27 bits per heavy atom. The van der Waals surface area contributed by atoms with Crippen LogP contribution in [-0.4, -0.2) is 18.4 Å². The fraction of sp³-hybridized carbons (Fsp3) is 0.778. The average Bonchev–Trinajstić information content (AvgIpc) is 1.88. The summed E-state index contributed by atoms with van der Waals surface area (Å²) in [6.45, 7) is 4.40. The number of aliphatic imine (C=N–C) groups is 1. The van der Waals surface area contributed by atoms with E-state index in [1.807, 2.05) is 6.34 Å². The number of rotatable bonds is 1. The van der Waals surface area contributed by atoms with Gasteiger partial charge in [0.05, 0.1) is 12.1 Å². The van der Waals surface area contributed by atoms with Crippen molar-refractivity contribution in [1.29, 1.82) is 0 Å². The van der Waals surface area contributed by atoms with Gasteiger partial charge in [0.1, 0.15) is 0 Å². The Kier molecular flexibility index (Phi) is 7.64. The van der Waals surface area contributed by atoms with Crippen LogP contribution in [0.3, 0.4) is 0 Å². The predicted octanol–water partition coefficient (Wildman–Crippen LogP) is 1.24. The highest BCUT2D eigenvalue weighted by atomic mass is 15.0. The molecule has 1 aliphatic heterocycles. The molecule has 0 spiro atoms. The molecule has 11 heavy (non-hydrogen) atoms. The lowest BCUT2D eigenvalue weighted by Crippen LogP contribution is -2.90. The zero-order valence-electron chi connectivity index (χ0n) is 7.17. The van der Waals surface area contributed by atoms with Crippen molar-refractivity contribution in [3.8, 4) is 0 Å². The number of nitrogens with zero attached hydrogens (tertiary/aromatic N) is 1. The first-order valence-corrected chi connectivity index (χ1v) is 3.69. The summed E-state index contributed by atoms with van der Waals surface area (Å²) in [6, 6.07) is 1.34. The Hall–Kier alpha value is -0.370. The number of hydrogen-bond acceptors (Lipinski definition) is 1. The van der Waals surface area contributed by atoms with Crippen molar-refractivity contribution >= 4 is 6.34 Å². The van der Waals surface area contributed by atoms with E-state index >= 15 is 0 Å². The molecule has 0 aromatic rings. The molecule has 1 heterocycles. The van der Waals surface area contributed by atoms with Gasteiger partial charge >= 0.3 is 0 Å². The molecule has 0 bridgehead atoms. The second-order valence-corrected chi connectivity index (χ2v) is 2.74. The molecule has 2 heteroatoms. The fourth-order valence-electron chi connectivity index (χ4n) is 1.20. The van der Waals surface area contributed by atoms with Crippen LogP contribution < -0.4 is 5.32 Å². The van der Waals surface area contributed by atoms with E-state index in [2.05, 4.69) is 24.2 Å². The molecular formula is C9H22N2. The van der Waals surface area contributed by atoms with Crippen molar-refractivity contribution < 1.29 is 5.32 Å². The van der Waals surface area contributed by atoms with Crippen molar-refractivity contribution in [3.05, 3.63) is 7.43 Å². The predicted molar refractivity (Wildman–Crippen MR) is 51.7 cm³/mol. The standard InChI is InChI=1S/C7H14N2.CH4.CH3/c1-3-7-4-6(2)8-5-9-7;;/h5-7H,3-4H2,1-2H3,(H,8,9);1H4;1H3/q;;-1/p+1. The van der Waals surface area contributed by atoms with Gasteiger partial charge in [-0.3, -0.25) is 0 Å². The summed E-state index contributed by atoms with van der Waals surface area (Å²) < 4.78 is 0. The zero-order chi connectivity index (χ0) is 6.69. The molecule has 0 aliphatic carbocycles. The maximum absolute atomic E-state index is 4.25. The second-order valence-electron chi connectivity index (χ2n) is 2.74. The minimum absolute atomic E-state index is 0. The quantitative estimate of drug-likeness (QED) is 0.556. The minimum Gasteiger partial charge on any atom is -0.358 e. The molecule has 68 valence electrons. The molecule has 1 aliphatic rings. The van der Waals surface area contributed by atoms with E-state index in [-0.39, 0.29) is 14.9 Å². The van der Waals surface area contributed by atoms with Crippen molar-refractivity contribution in [1.82, 2.24) is 0 Å². The first-order valence-electron chi connectivity index (χ1n) is 3.69. The van der Waals surface area contributed by atoms with E-state index in [4.69, 9.17) is 0 Å². The average molecular weight is 158 g/mol. The van der Waals surface area contributed by atoms with E-state index in [9.17, 15) is 0 Å². The Morgan fingerprint density at radius 3 is 2.64 bits per heavy atom. The van der Waals surface area contributed by atoms with Crippen molar-refractivity contribution in [2.75, 3.05) is 0 Å². The van der Waals surface area contributed by atoms with Crippen LogP contribution in [0.2, 0.25) is 0 Å². The highest BCUT2D eigenvalue weighted by Gasteiger charge is 2.15. The summed E-state index contributed by atoms with van der Waals surface area (Å²) in [7, 11) is 0. The largest absolute Gasteiger partial charge is 0.358 e. The molecule has 2 unspecified atom stereocenters. The zero-order valence-corrected chi connectivity index (χ0v) is 7.17. The van der Waals surface area contributed by atoms with Gasteiger partial charge in [-0.15, -0.1) is 0 Å². The fourth-order valence-corrected chi connectivity index (χ4v) is 1.20. The first-order chi connectivity index (χ1) is 4.33. The maximum Gasteiger partial charge on any atom is 0.182 e. The molecule has 0 saturated heterocycles. The van der Waals surface area contributed by atoms with Crippen molar-refractivity contribution in [2.45, 2.75) is 46.2 Å². The van der Waals surface area contributed by atoms with Crippen LogP contribution >= 0.6 is 0 Å². The molecule has 2 atom stereocenters. The molecule has 0 aromatic carbocycles. The maximum atomic E-state index is 4.25. The van der Waals surface area contributed by atoms with Gasteiger partial charge in [0, 0.05) is 6.42 Å². The molecule has 1 rings (SSSR count). The third-order valence-electron chi connectivity index (χ3n) is 1.87. The molecular weight excluding hydrogens is 136 g/mol. The molecule has 0 aromatic heterocycles. The third kappa shape index (κ3) is 4.14. The number of nitrogens with two attached hydrogens (primary N) is 1. The van der Waals surface area contributed by atoms with Gasteiger partial charge in [-0.25, -0.2) is 4.99 Å². The van der Waals surface area contributed by atoms with Gasteiger partial charge in [-0.05, 0) is 13.3 Å². The molecule has 2 nitrogen and oxygen atoms in total. The highest BCUT2D eigenvalue weighted by molar-refractivity contribution is 5.42. The Morgan fingerprint density at radius 1 is 1.64 bits per heavy atom. The summed E-state index contributed by atoms with van der Waals surface area (Å²) >= 11 is 0. The third-order valence-corrected chi connectivity index (χ3v) is 1.87. The summed E-state index contributed by atoms with van der Waals surface area (Å²) in [5.41, 5.74) is 0. The highest BCUT2D eigenvalue weighted by Crippen LogP contribution is 2.02. The van der Waals surface area contributed by atoms with E-state index in [1.54, 1.807) is 0 Å². The molecule has 0 fully saturated rings. The summed E-state index contributed by atoms with van der Waals surface area (Å²) in [5, 5.41) is 2.21. The van der Waals surface area contributed by atoms with Gasteiger partial charge in [0.2, 0.25) is 0 Å². The van der Waals surface area contributed by atoms with Crippen LogP contribution in [0, 0.1) is 7.43 Å². The monoisotopic (exact) mass is 158 g/mol.